The zero-order chi connectivity index (χ0) is 18.6. The highest BCUT2D eigenvalue weighted by Gasteiger charge is 2.30. The summed E-state index contributed by atoms with van der Waals surface area (Å²) in [4.78, 5) is 19.6. The van der Waals surface area contributed by atoms with Gasteiger partial charge in [-0.2, -0.15) is 5.10 Å². The van der Waals surface area contributed by atoms with E-state index in [1.165, 1.54) is 0 Å². The summed E-state index contributed by atoms with van der Waals surface area (Å²) in [5, 5.41) is 4.38. The molecule has 1 atom stereocenters. The Morgan fingerprint density at radius 2 is 2.00 bits per heavy atom. The van der Waals surface area contributed by atoms with Gasteiger partial charge in [-0.15, -0.1) is 0 Å². The Morgan fingerprint density at radius 3 is 2.81 bits per heavy atom. The Bertz CT molecular complexity index is 923. The van der Waals surface area contributed by atoms with Crippen LogP contribution < -0.4 is 4.74 Å². The van der Waals surface area contributed by atoms with Gasteiger partial charge in [-0.1, -0.05) is 18.2 Å². The van der Waals surface area contributed by atoms with Crippen LogP contribution in [0.15, 0.2) is 61.1 Å². The first-order valence-electron chi connectivity index (χ1n) is 9.18. The number of likely N-dealkylation sites (tertiary alicyclic amines) is 1. The molecule has 0 aliphatic carbocycles. The molecule has 1 aromatic carbocycles. The molecule has 0 spiro atoms. The molecule has 0 N–H and O–H groups in total. The molecule has 4 rings (SSSR count). The third kappa shape index (κ3) is 3.43. The van der Waals surface area contributed by atoms with Crippen molar-refractivity contribution in [3.8, 4) is 11.4 Å². The van der Waals surface area contributed by atoms with E-state index in [9.17, 15) is 4.79 Å². The zero-order valence-corrected chi connectivity index (χ0v) is 15.3. The highest BCUT2D eigenvalue weighted by molar-refractivity contribution is 5.94. The van der Waals surface area contributed by atoms with Gasteiger partial charge in [-0.05, 0) is 43.5 Å². The number of carbonyl (C=O) groups excluding carboxylic acids is 1. The minimum absolute atomic E-state index is 0.00787. The van der Waals surface area contributed by atoms with Crippen LogP contribution in [0.1, 0.15) is 41.4 Å². The van der Waals surface area contributed by atoms with E-state index < -0.39 is 0 Å². The van der Waals surface area contributed by atoms with Crippen LogP contribution in [0.3, 0.4) is 0 Å². The molecule has 3 heterocycles. The fourth-order valence-corrected chi connectivity index (χ4v) is 3.61. The Kier molecular flexibility index (Phi) is 4.87. The Hall–Kier alpha value is -3.15. The number of aromatic nitrogens is 3. The topological polar surface area (TPSA) is 60.2 Å². The van der Waals surface area contributed by atoms with Gasteiger partial charge in [0.25, 0.3) is 5.91 Å². The van der Waals surface area contributed by atoms with Gasteiger partial charge in [0.05, 0.1) is 30.6 Å². The van der Waals surface area contributed by atoms with Crippen molar-refractivity contribution in [3.05, 3.63) is 72.3 Å². The predicted molar refractivity (Wildman–Crippen MR) is 102 cm³/mol. The summed E-state index contributed by atoms with van der Waals surface area (Å²) in [6.07, 6.45) is 8.22. The van der Waals surface area contributed by atoms with E-state index in [1.807, 2.05) is 47.4 Å². The number of ether oxygens (including phenoxy) is 1. The number of methoxy groups -OCH3 is 1. The summed E-state index contributed by atoms with van der Waals surface area (Å²) < 4.78 is 7.08. The lowest BCUT2D eigenvalue weighted by molar-refractivity contribution is 0.0606. The van der Waals surface area contributed by atoms with Crippen LogP contribution in [0.2, 0.25) is 0 Å². The van der Waals surface area contributed by atoms with Crippen molar-refractivity contribution in [1.82, 2.24) is 19.7 Å². The van der Waals surface area contributed by atoms with Crippen LogP contribution >= 0.6 is 0 Å². The molecule has 0 radical (unpaired) electrons. The molecule has 2 aromatic heterocycles. The minimum Gasteiger partial charge on any atom is -0.494 e. The fourth-order valence-electron chi connectivity index (χ4n) is 3.61. The van der Waals surface area contributed by atoms with Crippen molar-refractivity contribution in [2.24, 2.45) is 0 Å². The van der Waals surface area contributed by atoms with Crippen LogP contribution in [0.25, 0.3) is 5.69 Å². The monoisotopic (exact) mass is 362 g/mol. The normalized spacial score (nSPS) is 16.9. The summed E-state index contributed by atoms with van der Waals surface area (Å²) in [5.41, 5.74) is 2.32. The predicted octanol–water partition coefficient (Wildman–Crippen LogP) is 3.64. The molecule has 138 valence electrons. The molecule has 1 aliphatic rings. The summed E-state index contributed by atoms with van der Waals surface area (Å²) in [6.45, 7) is 0.736. The maximum atomic E-state index is 13.2. The Labute approximate surface area is 158 Å². The molecule has 3 aromatic rings. The number of rotatable bonds is 4. The van der Waals surface area contributed by atoms with E-state index in [-0.39, 0.29) is 11.9 Å². The number of amides is 1. The first-order valence-corrected chi connectivity index (χ1v) is 9.18. The molecule has 1 amide bonds. The summed E-state index contributed by atoms with van der Waals surface area (Å²) in [6, 6.07) is 13.5. The first kappa shape index (κ1) is 17.3. The van der Waals surface area contributed by atoms with Crippen LogP contribution in [-0.2, 0) is 0 Å². The highest BCUT2D eigenvalue weighted by atomic mass is 16.5. The lowest BCUT2D eigenvalue weighted by atomic mass is 9.98. The van der Waals surface area contributed by atoms with E-state index in [4.69, 9.17) is 4.74 Å². The van der Waals surface area contributed by atoms with Gasteiger partial charge in [0.15, 0.2) is 0 Å². The lowest BCUT2D eigenvalue weighted by Crippen LogP contribution is -2.38. The maximum absolute atomic E-state index is 13.2. The molecule has 6 nitrogen and oxygen atoms in total. The van der Waals surface area contributed by atoms with Crippen molar-refractivity contribution in [1.29, 1.82) is 0 Å². The van der Waals surface area contributed by atoms with E-state index in [1.54, 1.807) is 30.4 Å². The molecule has 1 aliphatic heterocycles. The molecular weight excluding hydrogens is 340 g/mol. The highest BCUT2D eigenvalue weighted by Crippen LogP contribution is 2.31. The third-order valence-electron chi connectivity index (χ3n) is 4.95. The SMILES string of the molecule is COc1ccccc1-n1cc(C(=O)N2CCCCC2c2ccccn2)cn1. The number of carbonyl (C=O) groups is 1. The van der Waals surface area contributed by atoms with Crippen molar-refractivity contribution in [2.75, 3.05) is 13.7 Å². The van der Waals surface area contributed by atoms with Crippen molar-refractivity contribution < 1.29 is 9.53 Å². The van der Waals surface area contributed by atoms with Gasteiger partial charge in [-0.3, -0.25) is 9.78 Å². The second kappa shape index (κ2) is 7.61. The molecule has 0 bridgehead atoms. The Balaban J connectivity index is 1.61. The van der Waals surface area contributed by atoms with Gasteiger partial charge in [0.2, 0.25) is 0 Å². The standard InChI is InChI=1S/C21H22N4O2/c1-27-20-11-3-2-10-19(20)25-15-16(14-23-25)21(26)24-13-7-5-9-18(24)17-8-4-6-12-22-17/h2-4,6,8,10-12,14-15,18H,5,7,9,13H2,1H3. The molecule has 1 saturated heterocycles. The van der Waals surface area contributed by atoms with E-state index in [0.717, 1.165) is 37.2 Å². The van der Waals surface area contributed by atoms with Gasteiger partial charge in [0, 0.05) is 18.9 Å². The van der Waals surface area contributed by atoms with E-state index in [0.29, 0.717) is 11.3 Å². The number of hydrogen-bond acceptors (Lipinski definition) is 4. The lowest BCUT2D eigenvalue weighted by Gasteiger charge is -2.35. The molecule has 1 fully saturated rings. The average Bonchev–Trinajstić information content (AvgIpc) is 3.24. The van der Waals surface area contributed by atoms with Crippen LogP contribution in [0.4, 0.5) is 0 Å². The number of pyridine rings is 1. The average molecular weight is 362 g/mol. The molecule has 27 heavy (non-hydrogen) atoms. The number of nitrogens with zero attached hydrogens (tertiary/aromatic N) is 4. The largest absolute Gasteiger partial charge is 0.494 e. The van der Waals surface area contributed by atoms with Crippen molar-refractivity contribution in [3.63, 3.8) is 0 Å². The molecule has 1 unspecified atom stereocenters. The van der Waals surface area contributed by atoms with Crippen molar-refractivity contribution in [2.45, 2.75) is 25.3 Å². The number of hydrogen-bond donors (Lipinski definition) is 0. The smallest absolute Gasteiger partial charge is 0.257 e. The Morgan fingerprint density at radius 1 is 1.15 bits per heavy atom. The minimum atomic E-state index is -0.00787. The van der Waals surface area contributed by atoms with Crippen LogP contribution in [0, 0.1) is 0 Å². The van der Waals surface area contributed by atoms with E-state index in [2.05, 4.69) is 10.1 Å². The fraction of sp³-hybridized carbons (Fsp3) is 0.286. The summed E-state index contributed by atoms with van der Waals surface area (Å²) in [5.74, 6) is 0.704. The first-order chi connectivity index (χ1) is 13.3. The summed E-state index contributed by atoms with van der Waals surface area (Å²) >= 11 is 0. The zero-order valence-electron chi connectivity index (χ0n) is 15.3. The second-order valence-corrected chi connectivity index (χ2v) is 6.61. The summed E-state index contributed by atoms with van der Waals surface area (Å²) in [7, 11) is 1.62. The molecule has 0 saturated carbocycles. The van der Waals surface area contributed by atoms with Gasteiger partial charge < -0.3 is 9.64 Å². The van der Waals surface area contributed by atoms with Gasteiger partial charge in [0.1, 0.15) is 11.4 Å². The van der Waals surface area contributed by atoms with Gasteiger partial charge in [-0.25, -0.2) is 4.68 Å². The number of benzene rings is 1. The second-order valence-electron chi connectivity index (χ2n) is 6.61. The maximum Gasteiger partial charge on any atom is 0.257 e. The van der Waals surface area contributed by atoms with Gasteiger partial charge >= 0.3 is 0 Å². The van der Waals surface area contributed by atoms with Crippen LogP contribution in [0.5, 0.6) is 5.75 Å². The molecule has 6 heteroatoms. The quantitative estimate of drug-likeness (QED) is 0.711. The third-order valence-corrected chi connectivity index (χ3v) is 4.95. The van der Waals surface area contributed by atoms with Crippen molar-refractivity contribution >= 4 is 5.91 Å². The molecular formula is C21H22N4O2. The van der Waals surface area contributed by atoms with Crippen LogP contribution in [-0.4, -0.2) is 39.2 Å². The number of piperidine rings is 1. The number of para-hydroxylation sites is 2. The van der Waals surface area contributed by atoms with E-state index >= 15 is 0 Å².